The minimum atomic E-state index is -7.98. The van der Waals surface area contributed by atoms with Crippen molar-refractivity contribution in [1.82, 2.24) is 0 Å². The van der Waals surface area contributed by atoms with Gasteiger partial charge >= 0.3 is 35.9 Å². The summed E-state index contributed by atoms with van der Waals surface area (Å²) in [5.74, 6) is -15.8. The predicted molar refractivity (Wildman–Crippen MR) is 36.6 cm³/mol. The number of hydrogen-bond acceptors (Lipinski definition) is 2. The molecule has 0 atom stereocenters. The van der Waals surface area contributed by atoms with E-state index < -0.39 is 35.9 Å². The van der Waals surface area contributed by atoms with Gasteiger partial charge in [-0.15, -0.1) is 4.91 Å². The van der Waals surface area contributed by atoms with Crippen molar-refractivity contribution in [2.75, 3.05) is 0 Å². The number of nitroso groups, excluding NO2 is 1. The summed E-state index contributed by atoms with van der Waals surface area (Å²) in [6.45, 7) is 0. The normalized spacial score (nSPS) is 16.0. The Morgan fingerprint density at radius 3 is 0.905 bits per heavy atom. The molecule has 0 aromatic carbocycles. The molecule has 15 heteroatoms. The van der Waals surface area contributed by atoms with Gasteiger partial charge in [-0.2, -0.15) is 57.1 Å². The number of hydrogen-bond donors (Lipinski definition) is 0. The fourth-order valence-corrected chi connectivity index (χ4v) is 1.08. The maximum Gasteiger partial charge on any atom is 0.459 e. The summed E-state index contributed by atoms with van der Waals surface area (Å²) in [6, 6.07) is 0. The molecule has 0 aliphatic heterocycles. The Kier molecular flexibility index (Phi) is 4.31. The van der Waals surface area contributed by atoms with Gasteiger partial charge in [0.25, 0.3) is 0 Å². The summed E-state index contributed by atoms with van der Waals surface area (Å²) in [4.78, 5) is 9.67. The third-order valence-corrected chi connectivity index (χ3v) is 2.16. The van der Waals surface area contributed by atoms with Crippen LogP contribution in [0.5, 0.6) is 0 Å². The van der Waals surface area contributed by atoms with Crippen molar-refractivity contribution in [3.05, 3.63) is 4.91 Å². The third kappa shape index (κ3) is 2.39. The number of rotatable bonds is 3. The highest BCUT2D eigenvalue weighted by Gasteiger charge is 2.94. The highest BCUT2D eigenvalue weighted by atomic mass is 19.4. The molecule has 21 heavy (non-hydrogen) atoms. The molecule has 0 bridgehead atoms. The lowest BCUT2D eigenvalue weighted by molar-refractivity contribution is -0.425. The average Bonchev–Trinajstić information content (AvgIpc) is 2.11. The first-order chi connectivity index (χ1) is 8.81. The van der Waals surface area contributed by atoms with Crippen molar-refractivity contribution in [1.29, 1.82) is 0 Å². The molecule has 0 radical (unpaired) electrons. The molecule has 126 valence electrons. The molecule has 0 unspecified atom stereocenters. The Bertz CT molecular complexity index is 386. The van der Waals surface area contributed by atoms with Crippen LogP contribution in [-0.4, -0.2) is 35.9 Å². The molecular weight excluding hydrogens is 349 g/mol. The zero-order valence-corrected chi connectivity index (χ0v) is 8.77. The monoisotopic (exact) mass is 349 g/mol. The van der Waals surface area contributed by atoms with Crippen LogP contribution in [0.25, 0.3) is 0 Å². The minimum Gasteiger partial charge on any atom is -0.196 e. The number of alkyl halides is 13. The smallest absolute Gasteiger partial charge is 0.196 e. The van der Waals surface area contributed by atoms with E-state index in [2.05, 4.69) is 0 Å². The molecular formula is C6F13NO. The first kappa shape index (κ1) is 19.7. The van der Waals surface area contributed by atoms with E-state index in [0.717, 1.165) is 0 Å². The van der Waals surface area contributed by atoms with E-state index in [-0.39, 0.29) is 5.18 Å². The predicted octanol–water partition coefficient (Wildman–Crippen LogP) is 4.45. The van der Waals surface area contributed by atoms with Crippen LogP contribution in [0.15, 0.2) is 5.18 Å². The van der Waals surface area contributed by atoms with Crippen molar-refractivity contribution in [3.63, 3.8) is 0 Å². The quantitative estimate of drug-likeness (QED) is 0.547. The molecule has 0 heterocycles. The van der Waals surface area contributed by atoms with Gasteiger partial charge in [0.1, 0.15) is 0 Å². The highest BCUT2D eigenvalue weighted by molar-refractivity contribution is 5.17. The van der Waals surface area contributed by atoms with Crippen LogP contribution in [0.2, 0.25) is 0 Å². The average molecular weight is 349 g/mol. The molecule has 0 aliphatic carbocycles. The minimum absolute atomic E-state index is 0.116. The maximum atomic E-state index is 12.8. The Balaban J connectivity index is 6.68. The second kappa shape index (κ2) is 4.59. The fourth-order valence-electron chi connectivity index (χ4n) is 1.08. The SMILES string of the molecule is O=NC(C(F)(F)F)(C(F)(F)F)C(F)(F)C(F)(F)C(F)(F)F. The first-order valence-electron chi connectivity index (χ1n) is 4.11. The summed E-state index contributed by atoms with van der Waals surface area (Å²) in [7, 11) is 0. The van der Waals surface area contributed by atoms with Crippen molar-refractivity contribution in [2.24, 2.45) is 5.18 Å². The Hall–Kier alpha value is -1.31. The lowest BCUT2D eigenvalue weighted by atomic mass is 9.85. The van der Waals surface area contributed by atoms with E-state index in [1.807, 2.05) is 0 Å². The number of nitrogens with zero attached hydrogens (tertiary/aromatic N) is 1. The highest BCUT2D eigenvalue weighted by Crippen LogP contribution is 2.61. The van der Waals surface area contributed by atoms with Gasteiger partial charge in [-0.25, -0.2) is 0 Å². The van der Waals surface area contributed by atoms with E-state index in [1.165, 1.54) is 0 Å². The molecule has 0 fully saturated rings. The van der Waals surface area contributed by atoms with Crippen LogP contribution in [0.1, 0.15) is 0 Å². The molecule has 0 saturated heterocycles. The van der Waals surface area contributed by atoms with Crippen molar-refractivity contribution >= 4 is 0 Å². The summed E-state index contributed by atoms with van der Waals surface area (Å²) in [5, 5.41) is -0.116. The van der Waals surface area contributed by atoms with Gasteiger partial charge in [0, 0.05) is 0 Å². The van der Waals surface area contributed by atoms with Crippen LogP contribution in [-0.2, 0) is 0 Å². The Morgan fingerprint density at radius 1 is 0.476 bits per heavy atom. The largest absolute Gasteiger partial charge is 0.459 e. The van der Waals surface area contributed by atoms with E-state index >= 15 is 0 Å². The lowest BCUT2D eigenvalue weighted by Gasteiger charge is -2.40. The standard InChI is InChI=1S/C6F13NO/c7-2(8,3(9,10)6(17,18)19)1(20-21,4(11,12)13)5(14,15)16. The van der Waals surface area contributed by atoms with Crippen LogP contribution in [0, 0.1) is 4.91 Å². The molecule has 0 aromatic rings. The molecule has 0 amide bonds. The zero-order chi connectivity index (χ0) is 17.7. The zero-order valence-electron chi connectivity index (χ0n) is 8.77. The van der Waals surface area contributed by atoms with Crippen LogP contribution in [0.3, 0.4) is 0 Å². The van der Waals surface area contributed by atoms with Gasteiger partial charge in [0.15, 0.2) is 0 Å². The summed E-state index contributed by atoms with van der Waals surface area (Å²) >= 11 is 0. The second-order valence-electron chi connectivity index (χ2n) is 3.44. The molecule has 0 aliphatic rings. The van der Waals surface area contributed by atoms with Gasteiger partial charge in [-0.05, 0) is 5.18 Å². The summed E-state index contributed by atoms with van der Waals surface area (Å²) < 4.78 is 158. The fraction of sp³-hybridized carbons (Fsp3) is 1.00. The molecule has 0 N–H and O–H groups in total. The van der Waals surface area contributed by atoms with E-state index in [4.69, 9.17) is 0 Å². The van der Waals surface area contributed by atoms with Gasteiger partial charge in [0.05, 0.1) is 0 Å². The van der Waals surface area contributed by atoms with Crippen molar-refractivity contribution < 1.29 is 57.1 Å². The third-order valence-electron chi connectivity index (χ3n) is 2.16. The Morgan fingerprint density at radius 2 is 0.762 bits per heavy atom. The van der Waals surface area contributed by atoms with Gasteiger partial charge < -0.3 is 0 Å². The molecule has 0 spiro atoms. The molecule has 2 nitrogen and oxygen atoms in total. The Labute approximate surface area is 104 Å². The first-order valence-corrected chi connectivity index (χ1v) is 4.11. The maximum absolute atomic E-state index is 12.8. The molecule has 0 saturated carbocycles. The molecule has 0 aromatic heterocycles. The molecule has 0 rings (SSSR count). The van der Waals surface area contributed by atoms with Crippen LogP contribution < -0.4 is 0 Å². The van der Waals surface area contributed by atoms with Crippen molar-refractivity contribution in [2.45, 2.75) is 35.9 Å². The van der Waals surface area contributed by atoms with E-state index in [0.29, 0.717) is 0 Å². The summed E-state index contributed by atoms with van der Waals surface area (Å²) in [6.07, 6.45) is -22.7. The van der Waals surface area contributed by atoms with Crippen LogP contribution in [0.4, 0.5) is 57.1 Å². The van der Waals surface area contributed by atoms with Crippen molar-refractivity contribution in [3.8, 4) is 0 Å². The van der Waals surface area contributed by atoms with Gasteiger partial charge in [0.2, 0.25) is 0 Å². The topological polar surface area (TPSA) is 29.4 Å². The van der Waals surface area contributed by atoms with Gasteiger partial charge in [-0.1, -0.05) is 0 Å². The van der Waals surface area contributed by atoms with E-state index in [9.17, 15) is 62.0 Å². The lowest BCUT2D eigenvalue weighted by Crippen LogP contribution is -2.74. The van der Waals surface area contributed by atoms with Gasteiger partial charge in [-0.3, -0.25) is 0 Å². The van der Waals surface area contributed by atoms with E-state index in [1.54, 1.807) is 0 Å². The van der Waals surface area contributed by atoms with Crippen LogP contribution >= 0.6 is 0 Å². The number of halogens is 13. The second-order valence-corrected chi connectivity index (χ2v) is 3.44. The summed E-state index contributed by atoms with van der Waals surface area (Å²) in [5.41, 5.74) is -7.48.